The molecule has 144 valence electrons. The van der Waals surface area contributed by atoms with Crippen molar-refractivity contribution in [2.75, 3.05) is 20.2 Å². The van der Waals surface area contributed by atoms with Gasteiger partial charge in [0, 0.05) is 25.2 Å². The number of carbonyl (C=O) groups excluding carboxylic acids is 2. The van der Waals surface area contributed by atoms with E-state index in [1.165, 1.54) is 19.2 Å². The summed E-state index contributed by atoms with van der Waals surface area (Å²) in [6, 6.07) is 5.44. The average molecular weight is 367 g/mol. The quantitative estimate of drug-likeness (QED) is 0.408. The summed E-state index contributed by atoms with van der Waals surface area (Å²) in [6.07, 6.45) is -0.0682. The van der Waals surface area contributed by atoms with Crippen LogP contribution in [0.1, 0.15) is 26.3 Å². The molecule has 0 aliphatic heterocycles. The molecule has 1 atom stereocenters. The summed E-state index contributed by atoms with van der Waals surface area (Å²) in [4.78, 5) is 33.7. The number of methoxy groups -OCH3 is 1. The monoisotopic (exact) mass is 367 g/mol. The molecule has 0 aromatic heterocycles. The minimum atomic E-state index is -0.731. The molecule has 0 heterocycles. The first-order valence-corrected chi connectivity index (χ1v) is 8.14. The van der Waals surface area contributed by atoms with Crippen LogP contribution >= 0.6 is 0 Å². The van der Waals surface area contributed by atoms with Crippen LogP contribution in [0.2, 0.25) is 0 Å². The Morgan fingerprint density at radius 2 is 1.85 bits per heavy atom. The van der Waals surface area contributed by atoms with Crippen molar-refractivity contribution in [2.24, 2.45) is 0 Å². The zero-order valence-corrected chi connectivity index (χ0v) is 15.4. The largest absolute Gasteiger partial charge is 0.468 e. The number of ether oxygens (including phenoxy) is 2. The van der Waals surface area contributed by atoms with Gasteiger partial charge in [0.2, 0.25) is 0 Å². The number of nitro groups is 1. The number of hydrogen-bond acceptors (Lipinski definition) is 7. The third kappa shape index (κ3) is 7.93. The minimum absolute atomic E-state index is 0.0157. The first-order chi connectivity index (χ1) is 12.1. The highest BCUT2D eigenvalue weighted by Gasteiger charge is 2.21. The summed E-state index contributed by atoms with van der Waals surface area (Å²) < 4.78 is 9.84. The fraction of sp³-hybridized carbons (Fsp3) is 0.529. The number of esters is 1. The van der Waals surface area contributed by atoms with E-state index in [-0.39, 0.29) is 12.2 Å². The highest BCUT2D eigenvalue weighted by atomic mass is 16.6. The summed E-state index contributed by atoms with van der Waals surface area (Å²) in [7, 11) is 1.26. The van der Waals surface area contributed by atoms with Gasteiger partial charge in [0.05, 0.1) is 12.0 Å². The molecule has 9 nitrogen and oxygen atoms in total. The van der Waals surface area contributed by atoms with Crippen LogP contribution in [0.5, 0.6) is 0 Å². The van der Waals surface area contributed by atoms with Crippen molar-refractivity contribution >= 4 is 17.7 Å². The fourth-order valence-corrected chi connectivity index (χ4v) is 2.06. The van der Waals surface area contributed by atoms with Gasteiger partial charge in [-0.05, 0) is 32.8 Å². The molecule has 2 N–H and O–H groups in total. The van der Waals surface area contributed by atoms with Gasteiger partial charge in [-0.15, -0.1) is 0 Å². The van der Waals surface area contributed by atoms with Gasteiger partial charge < -0.3 is 20.1 Å². The van der Waals surface area contributed by atoms with Crippen LogP contribution in [0.3, 0.4) is 0 Å². The number of nitrogens with zero attached hydrogens (tertiary/aromatic N) is 1. The number of nitrogens with one attached hydrogen (secondary N) is 2. The molecule has 1 aromatic carbocycles. The maximum Gasteiger partial charge on any atom is 0.407 e. The predicted octanol–water partition coefficient (Wildman–Crippen LogP) is 1.79. The molecule has 0 aliphatic carbocycles. The molecule has 9 heteroatoms. The Labute approximate surface area is 152 Å². The lowest BCUT2D eigenvalue weighted by atomic mass is 10.1. The third-order valence-electron chi connectivity index (χ3n) is 3.29. The van der Waals surface area contributed by atoms with E-state index >= 15 is 0 Å². The number of non-ortho nitro benzene ring substituents is 1. The molecular weight excluding hydrogens is 342 g/mol. The second-order valence-electron chi connectivity index (χ2n) is 6.59. The number of benzene rings is 1. The molecule has 0 saturated carbocycles. The second kappa shape index (κ2) is 9.71. The standard InChI is InChI=1S/C17H25N3O6/c1-17(2,3)26-16(22)19-11-14(15(21)25-4)18-10-9-12-5-7-13(8-6-12)20(23)24/h5-8,14,18H,9-11H2,1-4H3,(H,19,22). The zero-order valence-electron chi connectivity index (χ0n) is 15.4. The third-order valence-corrected chi connectivity index (χ3v) is 3.29. The molecule has 0 radical (unpaired) electrons. The number of amides is 1. The molecule has 1 unspecified atom stereocenters. The lowest BCUT2D eigenvalue weighted by molar-refractivity contribution is -0.384. The number of alkyl carbamates (subject to hydrolysis) is 1. The lowest BCUT2D eigenvalue weighted by Crippen LogP contribution is -2.48. The van der Waals surface area contributed by atoms with Gasteiger partial charge in [0.25, 0.3) is 5.69 Å². The van der Waals surface area contributed by atoms with Crippen LogP contribution in [0, 0.1) is 10.1 Å². The van der Waals surface area contributed by atoms with Gasteiger partial charge in [-0.25, -0.2) is 4.79 Å². The molecule has 1 rings (SSSR count). The molecule has 1 amide bonds. The second-order valence-corrected chi connectivity index (χ2v) is 6.59. The van der Waals surface area contributed by atoms with Crippen molar-refractivity contribution in [3.8, 4) is 0 Å². The molecule has 0 fully saturated rings. The maximum atomic E-state index is 11.8. The fourth-order valence-electron chi connectivity index (χ4n) is 2.06. The smallest absolute Gasteiger partial charge is 0.407 e. The van der Waals surface area contributed by atoms with Crippen LogP contribution in [0.4, 0.5) is 10.5 Å². The summed E-state index contributed by atoms with van der Waals surface area (Å²) in [5.41, 5.74) is 0.274. The van der Waals surface area contributed by atoms with Crippen LogP contribution < -0.4 is 10.6 Å². The highest BCUT2D eigenvalue weighted by molar-refractivity contribution is 5.77. The van der Waals surface area contributed by atoms with E-state index in [0.29, 0.717) is 13.0 Å². The Morgan fingerprint density at radius 3 is 2.35 bits per heavy atom. The van der Waals surface area contributed by atoms with Crippen molar-refractivity contribution < 1.29 is 24.0 Å². The van der Waals surface area contributed by atoms with Crippen LogP contribution in [-0.2, 0) is 20.7 Å². The van der Waals surface area contributed by atoms with E-state index < -0.39 is 28.6 Å². The Morgan fingerprint density at radius 1 is 1.23 bits per heavy atom. The average Bonchev–Trinajstić information content (AvgIpc) is 2.56. The van der Waals surface area contributed by atoms with E-state index in [9.17, 15) is 19.7 Å². The Hall–Kier alpha value is -2.68. The minimum Gasteiger partial charge on any atom is -0.468 e. The Kier molecular flexibility index (Phi) is 7.98. The van der Waals surface area contributed by atoms with E-state index in [1.54, 1.807) is 32.9 Å². The van der Waals surface area contributed by atoms with Gasteiger partial charge in [-0.2, -0.15) is 0 Å². The van der Waals surface area contributed by atoms with Gasteiger partial charge in [-0.1, -0.05) is 12.1 Å². The van der Waals surface area contributed by atoms with E-state index in [1.807, 2.05) is 0 Å². The molecule has 0 spiro atoms. The summed E-state index contributed by atoms with van der Waals surface area (Å²) in [5.74, 6) is -0.509. The van der Waals surface area contributed by atoms with Crippen molar-refractivity contribution in [2.45, 2.75) is 38.8 Å². The molecule has 0 aliphatic rings. The van der Waals surface area contributed by atoms with E-state index in [0.717, 1.165) is 5.56 Å². The summed E-state index contributed by atoms with van der Waals surface area (Å²) in [5, 5.41) is 16.2. The van der Waals surface area contributed by atoms with Crippen LogP contribution in [0.25, 0.3) is 0 Å². The SMILES string of the molecule is COC(=O)C(CNC(=O)OC(C)(C)C)NCCc1ccc([N+](=O)[O-])cc1. The maximum absolute atomic E-state index is 11.8. The van der Waals surface area contributed by atoms with Gasteiger partial charge in [0.1, 0.15) is 11.6 Å². The van der Waals surface area contributed by atoms with E-state index in [4.69, 9.17) is 9.47 Å². The number of rotatable bonds is 8. The molecule has 0 bridgehead atoms. The van der Waals surface area contributed by atoms with Crippen molar-refractivity contribution in [1.29, 1.82) is 0 Å². The van der Waals surface area contributed by atoms with E-state index in [2.05, 4.69) is 10.6 Å². The lowest BCUT2D eigenvalue weighted by Gasteiger charge is -2.21. The number of carbonyl (C=O) groups is 2. The van der Waals surface area contributed by atoms with Crippen LogP contribution in [-0.4, -0.2) is 48.8 Å². The Bertz CT molecular complexity index is 624. The summed E-state index contributed by atoms with van der Waals surface area (Å²) >= 11 is 0. The summed E-state index contributed by atoms with van der Waals surface area (Å²) in [6.45, 7) is 5.67. The molecular formula is C17H25N3O6. The van der Waals surface area contributed by atoms with Crippen molar-refractivity contribution in [1.82, 2.24) is 10.6 Å². The first kappa shape index (κ1) is 21.4. The van der Waals surface area contributed by atoms with Crippen LogP contribution in [0.15, 0.2) is 24.3 Å². The van der Waals surface area contributed by atoms with Gasteiger partial charge in [-0.3, -0.25) is 14.9 Å². The number of hydrogen-bond donors (Lipinski definition) is 2. The normalized spacial score (nSPS) is 12.2. The number of nitro benzene ring substituents is 1. The predicted molar refractivity (Wildman–Crippen MR) is 94.8 cm³/mol. The van der Waals surface area contributed by atoms with Gasteiger partial charge >= 0.3 is 12.1 Å². The van der Waals surface area contributed by atoms with Crippen molar-refractivity contribution in [3.63, 3.8) is 0 Å². The highest BCUT2D eigenvalue weighted by Crippen LogP contribution is 2.12. The zero-order chi connectivity index (χ0) is 19.7. The Balaban J connectivity index is 2.50. The topological polar surface area (TPSA) is 120 Å². The molecule has 1 aromatic rings. The van der Waals surface area contributed by atoms with Crippen molar-refractivity contribution in [3.05, 3.63) is 39.9 Å². The first-order valence-electron chi connectivity index (χ1n) is 8.14. The molecule has 0 saturated heterocycles. The van der Waals surface area contributed by atoms with Gasteiger partial charge in [0.15, 0.2) is 0 Å². The molecule has 26 heavy (non-hydrogen) atoms.